The Labute approximate surface area is 125 Å². The SMILES string of the molecule is Cc1ccc(Br)cc1C(=O)N1CCC(CCBr)C1. The molecule has 1 aliphatic rings. The van der Waals surface area contributed by atoms with Gasteiger partial charge in [-0.2, -0.15) is 0 Å². The molecule has 4 heteroatoms. The summed E-state index contributed by atoms with van der Waals surface area (Å²) in [6, 6.07) is 5.89. The van der Waals surface area contributed by atoms with Crippen LogP contribution >= 0.6 is 31.9 Å². The molecule has 1 heterocycles. The Bertz CT molecular complexity index is 447. The van der Waals surface area contributed by atoms with Crippen LogP contribution in [0, 0.1) is 12.8 Å². The summed E-state index contributed by atoms with van der Waals surface area (Å²) in [5, 5.41) is 1.02. The van der Waals surface area contributed by atoms with Crippen molar-refractivity contribution < 1.29 is 4.79 Å². The monoisotopic (exact) mass is 373 g/mol. The van der Waals surface area contributed by atoms with Crippen LogP contribution in [0.4, 0.5) is 0 Å². The van der Waals surface area contributed by atoms with Crippen molar-refractivity contribution in [3.8, 4) is 0 Å². The first-order valence-electron chi connectivity index (χ1n) is 6.23. The summed E-state index contributed by atoms with van der Waals surface area (Å²) in [5.41, 5.74) is 1.87. The molecule has 1 aliphatic heterocycles. The molecule has 0 radical (unpaired) electrons. The number of nitrogens with zero attached hydrogens (tertiary/aromatic N) is 1. The van der Waals surface area contributed by atoms with Gasteiger partial charge in [0.15, 0.2) is 0 Å². The Kier molecular flexibility index (Phi) is 4.84. The normalized spacial score (nSPS) is 19.3. The molecule has 0 saturated carbocycles. The van der Waals surface area contributed by atoms with Gasteiger partial charge in [-0.25, -0.2) is 0 Å². The van der Waals surface area contributed by atoms with Crippen LogP contribution in [0.5, 0.6) is 0 Å². The molecule has 1 amide bonds. The molecular formula is C14H17Br2NO. The Hall–Kier alpha value is -0.350. The fourth-order valence-electron chi connectivity index (χ4n) is 2.40. The van der Waals surface area contributed by atoms with E-state index >= 15 is 0 Å². The average Bonchev–Trinajstić information content (AvgIpc) is 2.80. The second-order valence-electron chi connectivity index (χ2n) is 4.84. The topological polar surface area (TPSA) is 20.3 Å². The van der Waals surface area contributed by atoms with Gasteiger partial charge in [-0.05, 0) is 43.4 Å². The van der Waals surface area contributed by atoms with Gasteiger partial charge in [-0.15, -0.1) is 0 Å². The second kappa shape index (κ2) is 6.20. The number of likely N-dealkylation sites (tertiary alicyclic amines) is 1. The second-order valence-corrected chi connectivity index (χ2v) is 6.55. The summed E-state index contributed by atoms with van der Waals surface area (Å²) in [6.07, 6.45) is 2.28. The van der Waals surface area contributed by atoms with Gasteiger partial charge in [0.25, 0.3) is 5.91 Å². The summed E-state index contributed by atoms with van der Waals surface area (Å²) in [4.78, 5) is 14.5. The van der Waals surface area contributed by atoms with E-state index in [-0.39, 0.29) is 5.91 Å². The van der Waals surface area contributed by atoms with E-state index in [1.807, 2.05) is 30.0 Å². The van der Waals surface area contributed by atoms with Gasteiger partial charge >= 0.3 is 0 Å². The van der Waals surface area contributed by atoms with Gasteiger partial charge in [0.2, 0.25) is 0 Å². The van der Waals surface area contributed by atoms with E-state index in [0.717, 1.165) is 46.9 Å². The molecule has 1 unspecified atom stereocenters. The molecule has 0 N–H and O–H groups in total. The van der Waals surface area contributed by atoms with Gasteiger partial charge in [0.05, 0.1) is 0 Å². The number of hydrogen-bond acceptors (Lipinski definition) is 1. The zero-order chi connectivity index (χ0) is 13.1. The van der Waals surface area contributed by atoms with Gasteiger partial charge in [-0.3, -0.25) is 4.79 Å². The fourth-order valence-corrected chi connectivity index (χ4v) is 3.41. The average molecular weight is 375 g/mol. The van der Waals surface area contributed by atoms with Crippen LogP contribution in [0.3, 0.4) is 0 Å². The van der Waals surface area contributed by atoms with Crippen molar-refractivity contribution in [2.24, 2.45) is 5.92 Å². The molecule has 1 fully saturated rings. The van der Waals surface area contributed by atoms with Crippen molar-refractivity contribution in [1.29, 1.82) is 0 Å². The molecule has 2 rings (SSSR count). The number of hydrogen-bond donors (Lipinski definition) is 0. The highest BCUT2D eigenvalue weighted by molar-refractivity contribution is 9.10. The minimum absolute atomic E-state index is 0.172. The van der Waals surface area contributed by atoms with E-state index in [0.29, 0.717) is 5.92 Å². The number of halogens is 2. The van der Waals surface area contributed by atoms with E-state index < -0.39 is 0 Å². The molecule has 98 valence electrons. The first-order chi connectivity index (χ1) is 8.61. The highest BCUT2D eigenvalue weighted by atomic mass is 79.9. The van der Waals surface area contributed by atoms with Crippen LogP contribution < -0.4 is 0 Å². The lowest BCUT2D eigenvalue weighted by Crippen LogP contribution is -2.29. The summed E-state index contributed by atoms with van der Waals surface area (Å²) < 4.78 is 0.965. The zero-order valence-electron chi connectivity index (χ0n) is 10.5. The van der Waals surface area contributed by atoms with Crippen molar-refractivity contribution in [2.75, 3.05) is 18.4 Å². The van der Waals surface area contributed by atoms with E-state index in [9.17, 15) is 4.79 Å². The third-order valence-electron chi connectivity index (χ3n) is 3.52. The summed E-state index contributed by atoms with van der Waals surface area (Å²) in [5.74, 6) is 0.826. The molecule has 1 aromatic rings. The molecule has 1 saturated heterocycles. The lowest BCUT2D eigenvalue weighted by atomic mass is 10.1. The first kappa shape index (κ1) is 14.1. The van der Waals surface area contributed by atoms with Crippen molar-refractivity contribution >= 4 is 37.8 Å². The van der Waals surface area contributed by atoms with E-state index in [4.69, 9.17) is 0 Å². The third kappa shape index (κ3) is 3.15. The standard InChI is InChI=1S/C14H17Br2NO/c1-10-2-3-12(16)8-13(10)14(18)17-7-5-11(9-17)4-6-15/h2-3,8,11H,4-7,9H2,1H3. The first-order valence-corrected chi connectivity index (χ1v) is 8.14. The molecule has 0 spiro atoms. The predicted molar refractivity (Wildman–Crippen MR) is 81.3 cm³/mol. The number of carbonyl (C=O) groups excluding carboxylic acids is 1. The predicted octanol–water partition coefficient (Wildman–Crippen LogP) is 4.00. The van der Waals surface area contributed by atoms with Gasteiger partial charge in [0.1, 0.15) is 0 Å². The minimum atomic E-state index is 0.172. The summed E-state index contributed by atoms with van der Waals surface area (Å²) in [6.45, 7) is 3.78. The molecule has 0 bridgehead atoms. The van der Waals surface area contributed by atoms with Gasteiger partial charge in [-0.1, -0.05) is 37.9 Å². The molecule has 0 aromatic heterocycles. The number of rotatable bonds is 3. The number of aryl methyl sites for hydroxylation is 1. The number of benzene rings is 1. The van der Waals surface area contributed by atoms with Crippen molar-refractivity contribution in [1.82, 2.24) is 4.90 Å². The van der Waals surface area contributed by atoms with Gasteiger partial charge < -0.3 is 4.90 Å². The van der Waals surface area contributed by atoms with Crippen molar-refractivity contribution in [3.05, 3.63) is 33.8 Å². The Balaban J connectivity index is 2.10. The van der Waals surface area contributed by atoms with Crippen LogP contribution in [0.2, 0.25) is 0 Å². The van der Waals surface area contributed by atoms with Crippen LogP contribution in [-0.4, -0.2) is 29.2 Å². The Morgan fingerprint density at radius 3 is 3.00 bits per heavy atom. The number of alkyl halides is 1. The van der Waals surface area contributed by atoms with E-state index in [1.54, 1.807) is 0 Å². The maximum atomic E-state index is 12.5. The molecule has 18 heavy (non-hydrogen) atoms. The molecule has 0 aliphatic carbocycles. The number of amides is 1. The highest BCUT2D eigenvalue weighted by Gasteiger charge is 2.27. The highest BCUT2D eigenvalue weighted by Crippen LogP contribution is 2.24. The van der Waals surface area contributed by atoms with E-state index in [2.05, 4.69) is 31.9 Å². The smallest absolute Gasteiger partial charge is 0.254 e. The van der Waals surface area contributed by atoms with Crippen molar-refractivity contribution in [3.63, 3.8) is 0 Å². The largest absolute Gasteiger partial charge is 0.338 e. The zero-order valence-corrected chi connectivity index (χ0v) is 13.6. The summed E-state index contributed by atoms with van der Waals surface area (Å²) in [7, 11) is 0. The Morgan fingerprint density at radius 2 is 2.28 bits per heavy atom. The molecule has 1 aromatic carbocycles. The Morgan fingerprint density at radius 1 is 1.50 bits per heavy atom. The quantitative estimate of drug-likeness (QED) is 0.732. The minimum Gasteiger partial charge on any atom is -0.338 e. The third-order valence-corrected chi connectivity index (χ3v) is 4.47. The van der Waals surface area contributed by atoms with Crippen LogP contribution in [0.15, 0.2) is 22.7 Å². The maximum absolute atomic E-state index is 12.5. The maximum Gasteiger partial charge on any atom is 0.254 e. The lowest BCUT2D eigenvalue weighted by Gasteiger charge is -2.18. The van der Waals surface area contributed by atoms with Crippen LogP contribution in [0.1, 0.15) is 28.8 Å². The summed E-state index contributed by atoms with van der Waals surface area (Å²) >= 11 is 6.91. The van der Waals surface area contributed by atoms with E-state index in [1.165, 1.54) is 0 Å². The number of carbonyl (C=O) groups is 1. The lowest BCUT2D eigenvalue weighted by molar-refractivity contribution is 0.0786. The molecule has 1 atom stereocenters. The fraction of sp³-hybridized carbons (Fsp3) is 0.500. The van der Waals surface area contributed by atoms with Gasteiger partial charge in [0, 0.05) is 28.5 Å². The molecular weight excluding hydrogens is 358 g/mol. The van der Waals surface area contributed by atoms with Crippen LogP contribution in [0.25, 0.3) is 0 Å². The molecule has 2 nitrogen and oxygen atoms in total. The van der Waals surface area contributed by atoms with Crippen molar-refractivity contribution in [2.45, 2.75) is 19.8 Å². The van der Waals surface area contributed by atoms with Crippen LogP contribution in [-0.2, 0) is 0 Å².